The highest BCUT2D eigenvalue weighted by Gasteiger charge is 2.26. The lowest BCUT2D eigenvalue weighted by Gasteiger charge is -2.22. The van der Waals surface area contributed by atoms with Crippen molar-refractivity contribution in [3.8, 4) is 0 Å². The monoisotopic (exact) mass is 201 g/mol. The van der Waals surface area contributed by atoms with E-state index in [-0.39, 0.29) is 12.4 Å². The van der Waals surface area contributed by atoms with Gasteiger partial charge in [-0.2, -0.15) is 0 Å². The fourth-order valence-electron chi connectivity index (χ4n) is 1.27. The van der Waals surface area contributed by atoms with E-state index in [4.69, 9.17) is 0 Å². The van der Waals surface area contributed by atoms with E-state index in [9.17, 15) is 5.11 Å². The largest absolute Gasteiger partial charge is 1.00 e. The van der Waals surface area contributed by atoms with Gasteiger partial charge in [-0.15, -0.1) is 0 Å². The predicted molar refractivity (Wildman–Crippen MR) is 48.4 cm³/mol. The van der Waals surface area contributed by atoms with E-state index in [1.54, 1.807) is 0 Å². The zero-order valence-corrected chi connectivity index (χ0v) is 8.59. The van der Waals surface area contributed by atoms with Crippen molar-refractivity contribution in [3.63, 3.8) is 0 Å². The molecule has 1 atom stereocenters. The Hall–Kier alpha value is -0.570. The molecule has 1 aromatic rings. The molecular weight excluding hydrogens is 186 g/mol. The van der Waals surface area contributed by atoms with Crippen LogP contribution in [-0.4, -0.2) is 11.7 Å². The molecule has 0 spiro atoms. The molecule has 1 rings (SSSR count). The molecule has 3 heteroatoms. The second-order valence-electron chi connectivity index (χ2n) is 3.00. The predicted octanol–water partition coefficient (Wildman–Crippen LogP) is -2.47. The minimum Gasteiger partial charge on any atom is -1.00 e. The third kappa shape index (κ3) is 2.69. The van der Waals surface area contributed by atoms with Crippen molar-refractivity contribution >= 4 is 0 Å². The molecule has 0 aliphatic carbocycles. The van der Waals surface area contributed by atoms with E-state index in [2.05, 4.69) is 5.73 Å². The number of halogens is 1. The molecule has 0 heterocycles. The van der Waals surface area contributed by atoms with Crippen LogP contribution in [0.2, 0.25) is 0 Å². The van der Waals surface area contributed by atoms with Crippen molar-refractivity contribution in [2.45, 2.75) is 18.9 Å². The maximum atomic E-state index is 10.0. The molecule has 1 aromatic carbocycles. The van der Waals surface area contributed by atoms with Crippen molar-refractivity contribution in [1.82, 2.24) is 0 Å². The lowest BCUT2D eigenvalue weighted by Crippen LogP contribution is -3.00. The minimum absolute atomic E-state index is 0. The van der Waals surface area contributed by atoms with Crippen LogP contribution in [0, 0.1) is 0 Å². The fourth-order valence-corrected chi connectivity index (χ4v) is 1.27. The van der Waals surface area contributed by atoms with Gasteiger partial charge in [-0.25, -0.2) is 0 Å². The van der Waals surface area contributed by atoms with Crippen molar-refractivity contribution < 1.29 is 23.2 Å². The molecule has 1 unspecified atom stereocenters. The number of aliphatic hydroxyl groups is 1. The standard InChI is InChI=1S/C10H15NO.ClH/c1-2-10(12,8-11)9-6-4-3-5-7-9;/h3-7,12H,2,8,11H2,1H3;1H. The van der Waals surface area contributed by atoms with E-state index in [0.717, 1.165) is 5.56 Å². The molecule has 4 N–H and O–H groups in total. The zero-order chi connectivity index (χ0) is 9.03. The van der Waals surface area contributed by atoms with Gasteiger partial charge in [-0.05, 0) is 12.0 Å². The number of benzene rings is 1. The first-order valence-corrected chi connectivity index (χ1v) is 4.30. The van der Waals surface area contributed by atoms with Crippen molar-refractivity contribution in [2.75, 3.05) is 6.54 Å². The van der Waals surface area contributed by atoms with Gasteiger partial charge >= 0.3 is 0 Å². The summed E-state index contributed by atoms with van der Waals surface area (Å²) in [5, 5.41) is 10.0. The second kappa shape index (κ2) is 5.22. The normalized spacial score (nSPS) is 14.4. The highest BCUT2D eigenvalue weighted by molar-refractivity contribution is 5.21. The molecule has 0 saturated heterocycles. The summed E-state index contributed by atoms with van der Waals surface area (Å²) >= 11 is 0. The van der Waals surface area contributed by atoms with Gasteiger partial charge in [0.25, 0.3) is 0 Å². The summed E-state index contributed by atoms with van der Waals surface area (Å²) in [4.78, 5) is 0. The molecule has 0 amide bonds. The van der Waals surface area contributed by atoms with E-state index in [1.807, 2.05) is 37.3 Å². The number of hydrogen-bond donors (Lipinski definition) is 2. The Kier molecular flexibility index (Phi) is 4.99. The SMILES string of the molecule is CCC(O)(C[NH3+])c1ccccc1.[Cl-]. The molecule has 0 saturated carbocycles. The first-order valence-electron chi connectivity index (χ1n) is 4.30. The number of hydrogen-bond acceptors (Lipinski definition) is 1. The first-order chi connectivity index (χ1) is 5.73. The van der Waals surface area contributed by atoms with E-state index in [1.165, 1.54) is 0 Å². The molecule has 2 nitrogen and oxygen atoms in total. The van der Waals surface area contributed by atoms with Crippen LogP contribution in [0.1, 0.15) is 18.9 Å². The Bertz CT molecular complexity index is 234. The van der Waals surface area contributed by atoms with Gasteiger partial charge < -0.3 is 23.2 Å². The van der Waals surface area contributed by atoms with Gasteiger partial charge in [0, 0.05) is 0 Å². The van der Waals surface area contributed by atoms with Crippen LogP contribution in [-0.2, 0) is 5.60 Å². The summed E-state index contributed by atoms with van der Waals surface area (Å²) in [5.74, 6) is 0. The lowest BCUT2D eigenvalue weighted by molar-refractivity contribution is -0.402. The fraction of sp³-hybridized carbons (Fsp3) is 0.400. The van der Waals surface area contributed by atoms with Crippen LogP contribution < -0.4 is 18.1 Å². The average Bonchev–Trinajstić information content (AvgIpc) is 2.18. The summed E-state index contributed by atoms with van der Waals surface area (Å²) in [7, 11) is 0. The number of quaternary nitrogens is 1. The van der Waals surface area contributed by atoms with Crippen molar-refractivity contribution in [1.29, 1.82) is 0 Å². The van der Waals surface area contributed by atoms with E-state index < -0.39 is 5.60 Å². The minimum atomic E-state index is -0.735. The van der Waals surface area contributed by atoms with E-state index in [0.29, 0.717) is 13.0 Å². The topological polar surface area (TPSA) is 47.9 Å². The summed E-state index contributed by atoms with van der Waals surface area (Å²) < 4.78 is 0. The molecule has 0 aliphatic heterocycles. The second-order valence-corrected chi connectivity index (χ2v) is 3.00. The van der Waals surface area contributed by atoms with Crippen LogP contribution in [0.15, 0.2) is 30.3 Å². The van der Waals surface area contributed by atoms with Gasteiger partial charge in [0.2, 0.25) is 0 Å². The van der Waals surface area contributed by atoms with Gasteiger partial charge in [-0.1, -0.05) is 37.3 Å². The van der Waals surface area contributed by atoms with Crippen LogP contribution >= 0.6 is 0 Å². The Balaban J connectivity index is 0.00000144. The Morgan fingerprint density at radius 2 is 1.85 bits per heavy atom. The molecular formula is C10H16ClNO. The third-order valence-electron chi connectivity index (χ3n) is 2.31. The summed E-state index contributed by atoms with van der Waals surface area (Å²) in [6, 6.07) is 9.70. The van der Waals surface area contributed by atoms with Crippen LogP contribution in [0.3, 0.4) is 0 Å². The smallest absolute Gasteiger partial charge is 0.138 e. The summed E-state index contributed by atoms with van der Waals surface area (Å²) in [6.07, 6.45) is 0.709. The maximum absolute atomic E-state index is 10.0. The molecule has 0 bridgehead atoms. The summed E-state index contributed by atoms with van der Waals surface area (Å²) in [6.45, 7) is 2.49. The molecule has 0 aromatic heterocycles. The van der Waals surface area contributed by atoms with Gasteiger partial charge in [0.15, 0.2) is 0 Å². The first kappa shape index (κ1) is 12.4. The Morgan fingerprint density at radius 3 is 2.23 bits per heavy atom. The molecule has 0 fully saturated rings. The Labute approximate surface area is 85.2 Å². The van der Waals surface area contributed by atoms with Crippen LogP contribution in [0.25, 0.3) is 0 Å². The molecule has 74 valence electrons. The van der Waals surface area contributed by atoms with Crippen molar-refractivity contribution in [2.24, 2.45) is 0 Å². The van der Waals surface area contributed by atoms with Crippen LogP contribution in [0.4, 0.5) is 0 Å². The molecule has 0 aliphatic rings. The zero-order valence-electron chi connectivity index (χ0n) is 7.83. The van der Waals surface area contributed by atoms with Crippen molar-refractivity contribution in [3.05, 3.63) is 35.9 Å². The van der Waals surface area contributed by atoms with Gasteiger partial charge in [0.1, 0.15) is 12.1 Å². The van der Waals surface area contributed by atoms with Gasteiger partial charge in [0.05, 0.1) is 0 Å². The average molecular weight is 202 g/mol. The third-order valence-corrected chi connectivity index (χ3v) is 2.31. The van der Waals surface area contributed by atoms with Gasteiger partial charge in [-0.3, -0.25) is 0 Å². The molecule has 0 radical (unpaired) electrons. The number of rotatable bonds is 3. The quantitative estimate of drug-likeness (QED) is 0.560. The molecule has 13 heavy (non-hydrogen) atoms. The highest BCUT2D eigenvalue weighted by Crippen LogP contribution is 2.22. The Morgan fingerprint density at radius 1 is 1.31 bits per heavy atom. The summed E-state index contributed by atoms with van der Waals surface area (Å²) in [5.41, 5.74) is 3.98. The lowest BCUT2D eigenvalue weighted by atomic mass is 9.91. The highest BCUT2D eigenvalue weighted by atomic mass is 35.5. The van der Waals surface area contributed by atoms with Crippen LogP contribution in [0.5, 0.6) is 0 Å². The van der Waals surface area contributed by atoms with E-state index >= 15 is 0 Å². The maximum Gasteiger partial charge on any atom is 0.138 e.